The summed E-state index contributed by atoms with van der Waals surface area (Å²) in [5.41, 5.74) is 0.931. The van der Waals surface area contributed by atoms with Crippen molar-refractivity contribution >= 4 is 15.7 Å². The molecule has 0 amide bonds. The Kier molecular flexibility index (Phi) is 3.82. The van der Waals surface area contributed by atoms with Crippen molar-refractivity contribution in [1.82, 2.24) is 14.9 Å². The Morgan fingerprint density at radius 1 is 1.44 bits per heavy atom. The van der Waals surface area contributed by atoms with E-state index in [0.29, 0.717) is 12.6 Å². The summed E-state index contributed by atoms with van der Waals surface area (Å²) in [6, 6.07) is 2.25. The van der Waals surface area contributed by atoms with Gasteiger partial charge in [-0.3, -0.25) is 4.90 Å². The van der Waals surface area contributed by atoms with Crippen molar-refractivity contribution in [2.75, 3.05) is 37.0 Å². The predicted octanol–water partition coefficient (Wildman–Crippen LogP) is -0.0743. The Labute approximate surface area is 107 Å². The average molecular weight is 270 g/mol. The van der Waals surface area contributed by atoms with E-state index in [0.717, 1.165) is 24.6 Å². The summed E-state index contributed by atoms with van der Waals surface area (Å²) >= 11 is 0. The Bertz CT molecular complexity index is 512. The van der Waals surface area contributed by atoms with Gasteiger partial charge in [-0.05, 0) is 6.92 Å². The van der Waals surface area contributed by atoms with Crippen molar-refractivity contribution in [2.45, 2.75) is 13.0 Å². The third kappa shape index (κ3) is 3.92. The molecular formula is C11H18N4O2S. The number of anilines is 1. The molecule has 1 aromatic heterocycles. The van der Waals surface area contributed by atoms with Gasteiger partial charge in [0.15, 0.2) is 0 Å². The minimum absolute atomic E-state index is 0.229. The van der Waals surface area contributed by atoms with Gasteiger partial charge >= 0.3 is 0 Å². The van der Waals surface area contributed by atoms with Crippen LogP contribution in [0.15, 0.2) is 12.4 Å². The van der Waals surface area contributed by atoms with Crippen LogP contribution in [0.3, 0.4) is 0 Å². The fourth-order valence-corrected chi connectivity index (χ4v) is 2.47. The number of rotatable bonds is 5. The molecule has 18 heavy (non-hydrogen) atoms. The van der Waals surface area contributed by atoms with Crippen molar-refractivity contribution in [3.8, 4) is 0 Å². The van der Waals surface area contributed by atoms with Crippen molar-refractivity contribution in [3.05, 3.63) is 18.1 Å². The maximum absolute atomic E-state index is 11.0. The summed E-state index contributed by atoms with van der Waals surface area (Å²) in [5.74, 6) is 1.06. The molecule has 1 aromatic rings. The van der Waals surface area contributed by atoms with Crippen LogP contribution in [0.25, 0.3) is 0 Å². The first-order valence-electron chi connectivity index (χ1n) is 5.88. The Hall–Kier alpha value is -1.21. The number of sulfone groups is 1. The summed E-state index contributed by atoms with van der Waals surface area (Å²) in [5, 5.41) is 3.30. The summed E-state index contributed by atoms with van der Waals surface area (Å²) in [6.45, 7) is 4.25. The molecule has 6 nitrogen and oxygen atoms in total. The Balaban J connectivity index is 1.73. The highest BCUT2D eigenvalue weighted by molar-refractivity contribution is 7.90. The lowest BCUT2D eigenvalue weighted by Gasteiger charge is -2.39. The summed E-state index contributed by atoms with van der Waals surface area (Å²) in [6.07, 6.45) is 2.81. The molecule has 1 saturated heterocycles. The van der Waals surface area contributed by atoms with Gasteiger partial charge in [0.2, 0.25) is 0 Å². The average Bonchev–Trinajstić information content (AvgIpc) is 2.20. The second-order valence-corrected chi connectivity index (χ2v) is 7.04. The number of hydrogen-bond acceptors (Lipinski definition) is 6. The van der Waals surface area contributed by atoms with Crippen LogP contribution in [0.2, 0.25) is 0 Å². The van der Waals surface area contributed by atoms with Crippen molar-refractivity contribution in [3.63, 3.8) is 0 Å². The maximum Gasteiger partial charge on any atom is 0.148 e. The van der Waals surface area contributed by atoms with Gasteiger partial charge in [0.25, 0.3) is 0 Å². The molecule has 0 atom stereocenters. The van der Waals surface area contributed by atoms with Gasteiger partial charge in [-0.25, -0.2) is 18.4 Å². The minimum atomic E-state index is -2.86. The molecule has 0 aromatic carbocycles. The molecule has 1 fully saturated rings. The molecule has 0 unspecified atom stereocenters. The first-order valence-corrected chi connectivity index (χ1v) is 7.94. The SMILES string of the molecule is Cc1cc(NC2CN(CCS(C)(=O)=O)C2)ncn1. The lowest BCUT2D eigenvalue weighted by Crippen LogP contribution is -2.55. The van der Waals surface area contributed by atoms with E-state index >= 15 is 0 Å². The van der Waals surface area contributed by atoms with Crippen LogP contribution in [-0.4, -0.2) is 61.0 Å². The van der Waals surface area contributed by atoms with E-state index in [9.17, 15) is 8.42 Å². The zero-order chi connectivity index (χ0) is 13.2. The third-order valence-electron chi connectivity index (χ3n) is 2.89. The topological polar surface area (TPSA) is 75.2 Å². The predicted molar refractivity (Wildman–Crippen MR) is 70.3 cm³/mol. The molecule has 1 aliphatic rings. The zero-order valence-corrected chi connectivity index (χ0v) is 11.4. The van der Waals surface area contributed by atoms with E-state index in [2.05, 4.69) is 20.2 Å². The van der Waals surface area contributed by atoms with E-state index in [-0.39, 0.29) is 5.75 Å². The number of nitrogens with one attached hydrogen (secondary N) is 1. The molecule has 1 N–H and O–H groups in total. The lowest BCUT2D eigenvalue weighted by molar-refractivity contribution is 0.172. The molecule has 0 radical (unpaired) electrons. The van der Waals surface area contributed by atoms with Crippen LogP contribution in [0, 0.1) is 6.92 Å². The quantitative estimate of drug-likeness (QED) is 0.807. The van der Waals surface area contributed by atoms with Gasteiger partial charge in [-0.15, -0.1) is 0 Å². The van der Waals surface area contributed by atoms with Gasteiger partial charge < -0.3 is 5.32 Å². The highest BCUT2D eigenvalue weighted by atomic mass is 32.2. The molecule has 7 heteroatoms. The van der Waals surface area contributed by atoms with Gasteiger partial charge in [0.1, 0.15) is 22.0 Å². The van der Waals surface area contributed by atoms with Gasteiger partial charge in [-0.1, -0.05) is 0 Å². The highest BCUT2D eigenvalue weighted by Crippen LogP contribution is 2.13. The third-order valence-corrected chi connectivity index (χ3v) is 3.82. The lowest BCUT2D eigenvalue weighted by atomic mass is 10.1. The second-order valence-electron chi connectivity index (χ2n) is 4.78. The van der Waals surface area contributed by atoms with E-state index in [1.807, 2.05) is 13.0 Å². The number of hydrogen-bond donors (Lipinski definition) is 1. The fourth-order valence-electron chi connectivity index (χ4n) is 1.88. The molecule has 2 rings (SSSR count). The maximum atomic E-state index is 11.0. The number of nitrogens with zero attached hydrogens (tertiary/aromatic N) is 3. The van der Waals surface area contributed by atoms with Crippen molar-refractivity contribution in [2.24, 2.45) is 0 Å². The first kappa shape index (κ1) is 13.2. The van der Waals surface area contributed by atoms with E-state index in [4.69, 9.17) is 0 Å². The number of aromatic nitrogens is 2. The monoisotopic (exact) mass is 270 g/mol. The van der Waals surface area contributed by atoms with Crippen LogP contribution < -0.4 is 5.32 Å². The fraction of sp³-hybridized carbons (Fsp3) is 0.636. The standard InChI is InChI=1S/C11H18N4O2S/c1-9-5-11(13-8-12-9)14-10-6-15(7-10)3-4-18(2,16)17/h5,8,10H,3-4,6-7H2,1-2H3,(H,12,13,14). The molecule has 1 aliphatic heterocycles. The molecule has 2 heterocycles. The van der Waals surface area contributed by atoms with Crippen LogP contribution in [0.1, 0.15) is 5.69 Å². The summed E-state index contributed by atoms with van der Waals surface area (Å²) < 4.78 is 22.1. The molecule has 0 spiro atoms. The smallest absolute Gasteiger partial charge is 0.148 e. The molecule has 0 bridgehead atoms. The normalized spacial score (nSPS) is 17.4. The van der Waals surface area contributed by atoms with Crippen LogP contribution >= 0.6 is 0 Å². The van der Waals surface area contributed by atoms with Gasteiger partial charge in [0, 0.05) is 37.7 Å². The number of aryl methyl sites for hydroxylation is 1. The minimum Gasteiger partial charge on any atom is -0.365 e. The summed E-state index contributed by atoms with van der Waals surface area (Å²) in [4.78, 5) is 10.3. The van der Waals surface area contributed by atoms with Crippen LogP contribution in [0.5, 0.6) is 0 Å². The largest absolute Gasteiger partial charge is 0.365 e. The number of likely N-dealkylation sites (tertiary alicyclic amines) is 1. The molecular weight excluding hydrogens is 252 g/mol. The van der Waals surface area contributed by atoms with Gasteiger partial charge in [-0.2, -0.15) is 0 Å². The van der Waals surface area contributed by atoms with E-state index in [1.165, 1.54) is 12.6 Å². The Morgan fingerprint density at radius 2 is 2.17 bits per heavy atom. The van der Waals surface area contributed by atoms with Crippen LogP contribution in [-0.2, 0) is 9.84 Å². The molecule has 0 saturated carbocycles. The van der Waals surface area contributed by atoms with E-state index in [1.54, 1.807) is 0 Å². The highest BCUT2D eigenvalue weighted by Gasteiger charge is 2.27. The van der Waals surface area contributed by atoms with Crippen LogP contribution in [0.4, 0.5) is 5.82 Å². The first-order chi connectivity index (χ1) is 8.42. The Morgan fingerprint density at radius 3 is 2.78 bits per heavy atom. The second kappa shape index (κ2) is 5.19. The van der Waals surface area contributed by atoms with Crippen molar-refractivity contribution < 1.29 is 8.42 Å². The molecule has 0 aliphatic carbocycles. The van der Waals surface area contributed by atoms with E-state index < -0.39 is 9.84 Å². The molecule has 100 valence electrons. The van der Waals surface area contributed by atoms with Gasteiger partial charge in [0.05, 0.1) is 11.8 Å². The van der Waals surface area contributed by atoms with Crippen molar-refractivity contribution in [1.29, 1.82) is 0 Å². The zero-order valence-electron chi connectivity index (χ0n) is 10.6. The summed E-state index contributed by atoms with van der Waals surface area (Å²) in [7, 11) is -2.86.